The van der Waals surface area contributed by atoms with E-state index in [2.05, 4.69) is 6.07 Å². The Hall–Kier alpha value is -1.51. The second-order valence-corrected chi connectivity index (χ2v) is 6.00. The lowest BCUT2D eigenvalue weighted by molar-refractivity contribution is 0.119. The largest absolute Gasteiger partial charge is 0.439 e. The molecular weight excluding hydrogens is 226 g/mol. The summed E-state index contributed by atoms with van der Waals surface area (Å²) >= 11 is 0. The normalized spacial score (nSPS) is 24.3. The lowest BCUT2D eigenvalue weighted by atomic mass is 9.98. The molecule has 1 heterocycles. The molecule has 1 aliphatic heterocycles. The van der Waals surface area contributed by atoms with E-state index in [9.17, 15) is 4.79 Å². The van der Waals surface area contributed by atoms with Gasteiger partial charge in [-0.1, -0.05) is 29.8 Å². The van der Waals surface area contributed by atoms with Crippen LogP contribution in [-0.2, 0) is 4.74 Å². The fraction of sp³-hybridized carbons (Fsp3) is 0.533. The van der Waals surface area contributed by atoms with Crippen LogP contribution < -0.4 is 0 Å². The maximum absolute atomic E-state index is 12.0. The first kappa shape index (κ1) is 12.9. The molecule has 1 aromatic rings. The molecule has 18 heavy (non-hydrogen) atoms. The minimum absolute atomic E-state index is 0.0549. The Bertz CT molecular complexity index is 462. The standard InChI is InChI=1S/C15H21NO2/c1-10-7-6-8-12(9-10)13-11(2)16(14(17)18-13)15(3,4)5/h6-9,11,13H,1-5H3/t11-,13-/m0/s1. The fourth-order valence-electron chi connectivity index (χ4n) is 2.64. The Kier molecular flexibility index (Phi) is 3.09. The van der Waals surface area contributed by atoms with Crippen molar-refractivity contribution < 1.29 is 9.53 Å². The molecule has 0 bridgehead atoms. The molecular formula is C15H21NO2. The average Bonchev–Trinajstić information content (AvgIpc) is 2.53. The second-order valence-electron chi connectivity index (χ2n) is 6.00. The third-order valence-corrected chi connectivity index (χ3v) is 3.36. The van der Waals surface area contributed by atoms with Crippen LogP contribution >= 0.6 is 0 Å². The van der Waals surface area contributed by atoms with E-state index in [1.54, 1.807) is 0 Å². The summed E-state index contributed by atoms with van der Waals surface area (Å²) in [6.07, 6.45) is -0.391. The summed E-state index contributed by atoms with van der Waals surface area (Å²) in [6, 6.07) is 8.21. The van der Waals surface area contributed by atoms with E-state index in [1.807, 2.05) is 57.7 Å². The first-order valence-electron chi connectivity index (χ1n) is 6.37. The molecule has 98 valence electrons. The van der Waals surface area contributed by atoms with Crippen LogP contribution in [0.1, 0.15) is 44.9 Å². The molecule has 2 atom stereocenters. The SMILES string of the molecule is Cc1cccc([C@H]2OC(=O)N(C(C)(C)C)[C@H]2C)c1. The van der Waals surface area contributed by atoms with Gasteiger partial charge < -0.3 is 4.74 Å². The van der Waals surface area contributed by atoms with E-state index in [1.165, 1.54) is 5.56 Å². The van der Waals surface area contributed by atoms with Gasteiger partial charge in [0.1, 0.15) is 6.10 Å². The number of hydrogen-bond acceptors (Lipinski definition) is 2. The van der Waals surface area contributed by atoms with E-state index in [4.69, 9.17) is 4.74 Å². The molecule has 1 amide bonds. The molecule has 0 radical (unpaired) electrons. The van der Waals surface area contributed by atoms with Crippen LogP contribution in [0.3, 0.4) is 0 Å². The molecule has 1 saturated heterocycles. The number of carbonyl (C=O) groups excluding carboxylic acids is 1. The molecule has 0 saturated carbocycles. The van der Waals surface area contributed by atoms with Crippen molar-refractivity contribution in [2.75, 3.05) is 0 Å². The van der Waals surface area contributed by atoms with Crippen LogP contribution in [0.2, 0.25) is 0 Å². The number of cyclic esters (lactones) is 1. The van der Waals surface area contributed by atoms with E-state index in [0.717, 1.165) is 5.56 Å². The highest BCUT2D eigenvalue weighted by atomic mass is 16.6. The van der Waals surface area contributed by atoms with Gasteiger partial charge in [-0.2, -0.15) is 0 Å². The van der Waals surface area contributed by atoms with Crippen LogP contribution in [0, 0.1) is 6.92 Å². The third kappa shape index (κ3) is 2.22. The van der Waals surface area contributed by atoms with Crippen LogP contribution in [-0.4, -0.2) is 22.6 Å². The van der Waals surface area contributed by atoms with E-state index in [-0.39, 0.29) is 23.8 Å². The van der Waals surface area contributed by atoms with Crippen molar-refractivity contribution in [1.29, 1.82) is 0 Å². The second kappa shape index (κ2) is 4.30. The molecule has 1 aliphatic rings. The van der Waals surface area contributed by atoms with Crippen molar-refractivity contribution in [2.24, 2.45) is 0 Å². The van der Waals surface area contributed by atoms with Crippen molar-refractivity contribution in [2.45, 2.75) is 52.3 Å². The van der Waals surface area contributed by atoms with Gasteiger partial charge in [-0.25, -0.2) is 4.79 Å². The molecule has 0 spiro atoms. The van der Waals surface area contributed by atoms with Gasteiger partial charge in [0.25, 0.3) is 0 Å². The number of amides is 1. The van der Waals surface area contributed by atoms with Crippen LogP contribution in [0.4, 0.5) is 4.79 Å². The van der Waals surface area contributed by atoms with Gasteiger partial charge in [0.2, 0.25) is 0 Å². The van der Waals surface area contributed by atoms with Crippen molar-refractivity contribution in [3.05, 3.63) is 35.4 Å². The molecule has 0 unspecified atom stereocenters. The van der Waals surface area contributed by atoms with E-state index < -0.39 is 0 Å². The maximum Gasteiger partial charge on any atom is 0.411 e. The maximum atomic E-state index is 12.0. The van der Waals surface area contributed by atoms with Crippen LogP contribution in [0.15, 0.2) is 24.3 Å². The lowest BCUT2D eigenvalue weighted by Gasteiger charge is -2.33. The first-order chi connectivity index (χ1) is 8.30. The lowest BCUT2D eigenvalue weighted by Crippen LogP contribution is -2.46. The van der Waals surface area contributed by atoms with Crippen molar-refractivity contribution in [3.63, 3.8) is 0 Å². The summed E-state index contributed by atoms with van der Waals surface area (Å²) in [5, 5.41) is 0. The highest BCUT2D eigenvalue weighted by Gasteiger charge is 2.44. The summed E-state index contributed by atoms with van der Waals surface area (Å²) in [5.74, 6) is 0. The van der Waals surface area contributed by atoms with E-state index in [0.29, 0.717) is 0 Å². The summed E-state index contributed by atoms with van der Waals surface area (Å²) in [7, 11) is 0. The summed E-state index contributed by atoms with van der Waals surface area (Å²) in [5.41, 5.74) is 2.04. The topological polar surface area (TPSA) is 29.5 Å². The van der Waals surface area contributed by atoms with Crippen LogP contribution in [0.25, 0.3) is 0 Å². The molecule has 0 N–H and O–H groups in total. The minimum Gasteiger partial charge on any atom is -0.439 e. The summed E-state index contributed by atoms with van der Waals surface area (Å²) < 4.78 is 5.54. The summed E-state index contributed by atoms with van der Waals surface area (Å²) in [6.45, 7) is 10.2. The number of aryl methyl sites for hydroxylation is 1. The first-order valence-corrected chi connectivity index (χ1v) is 6.37. The Labute approximate surface area is 109 Å². The van der Waals surface area contributed by atoms with Gasteiger partial charge >= 0.3 is 6.09 Å². The zero-order valence-corrected chi connectivity index (χ0v) is 11.7. The molecule has 3 nitrogen and oxygen atoms in total. The van der Waals surface area contributed by atoms with Gasteiger partial charge in [0, 0.05) is 5.54 Å². The Morgan fingerprint density at radius 3 is 2.44 bits per heavy atom. The van der Waals surface area contributed by atoms with Gasteiger partial charge in [-0.3, -0.25) is 4.90 Å². The zero-order valence-electron chi connectivity index (χ0n) is 11.7. The smallest absolute Gasteiger partial charge is 0.411 e. The predicted octanol–water partition coefficient (Wildman–Crippen LogP) is 3.68. The predicted molar refractivity (Wildman–Crippen MR) is 71.5 cm³/mol. The highest BCUT2D eigenvalue weighted by molar-refractivity contribution is 5.72. The molecule has 0 aromatic heterocycles. The number of carbonyl (C=O) groups is 1. The number of benzene rings is 1. The third-order valence-electron chi connectivity index (χ3n) is 3.36. The molecule has 1 fully saturated rings. The Morgan fingerprint density at radius 1 is 1.28 bits per heavy atom. The van der Waals surface area contributed by atoms with Gasteiger partial charge in [-0.15, -0.1) is 0 Å². The quantitative estimate of drug-likeness (QED) is 0.757. The van der Waals surface area contributed by atoms with Crippen LogP contribution in [0.5, 0.6) is 0 Å². The van der Waals surface area contributed by atoms with Gasteiger partial charge in [0.05, 0.1) is 6.04 Å². The molecule has 0 aliphatic carbocycles. The Balaban J connectivity index is 2.31. The molecule has 2 rings (SSSR count). The minimum atomic E-state index is -0.221. The number of nitrogens with zero attached hydrogens (tertiary/aromatic N) is 1. The van der Waals surface area contributed by atoms with Gasteiger partial charge in [0.15, 0.2) is 0 Å². The molecule has 3 heteroatoms. The monoisotopic (exact) mass is 247 g/mol. The number of ether oxygens (including phenoxy) is 1. The van der Waals surface area contributed by atoms with Crippen molar-refractivity contribution in [3.8, 4) is 0 Å². The van der Waals surface area contributed by atoms with Crippen molar-refractivity contribution in [1.82, 2.24) is 4.90 Å². The number of hydrogen-bond donors (Lipinski definition) is 0. The molecule has 1 aromatic carbocycles. The fourth-order valence-corrected chi connectivity index (χ4v) is 2.64. The van der Waals surface area contributed by atoms with Crippen molar-refractivity contribution >= 4 is 6.09 Å². The Morgan fingerprint density at radius 2 is 1.94 bits per heavy atom. The zero-order chi connectivity index (χ0) is 13.5. The highest BCUT2D eigenvalue weighted by Crippen LogP contribution is 2.36. The average molecular weight is 247 g/mol. The summed E-state index contributed by atoms with van der Waals surface area (Å²) in [4.78, 5) is 13.8. The van der Waals surface area contributed by atoms with Gasteiger partial charge in [-0.05, 0) is 40.2 Å². The van der Waals surface area contributed by atoms with E-state index >= 15 is 0 Å². The number of rotatable bonds is 1.